The molecule has 2 rings (SSSR count). The van der Waals surface area contributed by atoms with Crippen molar-refractivity contribution in [1.29, 1.82) is 0 Å². The summed E-state index contributed by atoms with van der Waals surface area (Å²) in [6.45, 7) is 3.37. The molecule has 1 aliphatic carbocycles. The number of hydrogen-bond acceptors (Lipinski definition) is 2. The van der Waals surface area contributed by atoms with E-state index >= 15 is 0 Å². The molecule has 0 bridgehead atoms. The van der Waals surface area contributed by atoms with Crippen molar-refractivity contribution in [3.05, 3.63) is 35.4 Å². The first-order valence-corrected chi connectivity index (χ1v) is 7.08. The molecule has 19 heavy (non-hydrogen) atoms. The number of hydrogen-bond donors (Lipinski definition) is 1. The molecule has 0 radical (unpaired) electrons. The lowest BCUT2D eigenvalue weighted by Crippen LogP contribution is -2.15. The molecule has 1 N–H and O–H groups in total. The minimum atomic E-state index is -0.141. The van der Waals surface area contributed by atoms with Crippen LogP contribution in [0.5, 0.6) is 0 Å². The average molecular weight is 258 g/mol. The van der Waals surface area contributed by atoms with E-state index in [0.29, 0.717) is 0 Å². The van der Waals surface area contributed by atoms with E-state index in [2.05, 4.69) is 34.8 Å². The summed E-state index contributed by atoms with van der Waals surface area (Å²) in [5, 5.41) is 4.05. The van der Waals surface area contributed by atoms with E-state index in [1.165, 1.54) is 44.6 Å². The number of benzene rings is 1. The molecule has 1 aromatic carbocycles. The van der Waals surface area contributed by atoms with Crippen LogP contribution in [0.1, 0.15) is 63.0 Å². The zero-order valence-electron chi connectivity index (χ0n) is 11.8. The first-order valence-electron chi connectivity index (χ1n) is 7.08. The van der Waals surface area contributed by atoms with E-state index in [1.54, 1.807) is 0 Å². The molecule has 0 unspecified atom stereocenters. The van der Waals surface area contributed by atoms with Gasteiger partial charge in [0, 0.05) is 6.92 Å². The van der Waals surface area contributed by atoms with Gasteiger partial charge in [0.05, 0.1) is 5.71 Å². The number of rotatable bonds is 3. The number of carbonyl (C=O) groups is 1. The van der Waals surface area contributed by atoms with Gasteiger partial charge in [0.1, 0.15) is 0 Å². The summed E-state index contributed by atoms with van der Waals surface area (Å²) in [4.78, 5) is 10.8. The standard InChI is InChI=1S/C16H22N2O/c1-12(17-18-13(2)19)14-8-10-16(11-9-14)15-6-4-3-5-7-15/h8-11,15H,3-7H2,1-2H3,(H,18,19)/b17-12+. The number of nitrogens with one attached hydrogen (secondary N) is 1. The Morgan fingerprint density at radius 2 is 1.74 bits per heavy atom. The minimum Gasteiger partial charge on any atom is -0.274 e. The Hall–Kier alpha value is -1.64. The van der Waals surface area contributed by atoms with Gasteiger partial charge in [-0.1, -0.05) is 43.5 Å². The quantitative estimate of drug-likeness (QED) is 0.653. The highest BCUT2D eigenvalue weighted by Gasteiger charge is 2.15. The normalized spacial score (nSPS) is 17.3. The van der Waals surface area contributed by atoms with E-state index in [4.69, 9.17) is 0 Å². The second kappa shape index (κ2) is 6.50. The van der Waals surface area contributed by atoms with Crippen LogP contribution in [-0.2, 0) is 4.79 Å². The van der Waals surface area contributed by atoms with Gasteiger partial charge in [-0.3, -0.25) is 4.79 Å². The maximum atomic E-state index is 10.8. The first kappa shape index (κ1) is 13.8. The Morgan fingerprint density at radius 1 is 1.11 bits per heavy atom. The van der Waals surface area contributed by atoms with Crippen molar-refractivity contribution in [1.82, 2.24) is 5.43 Å². The molecule has 1 amide bonds. The van der Waals surface area contributed by atoms with E-state index in [-0.39, 0.29) is 5.91 Å². The summed E-state index contributed by atoms with van der Waals surface area (Å²) in [6, 6.07) is 8.62. The highest BCUT2D eigenvalue weighted by molar-refractivity contribution is 5.99. The van der Waals surface area contributed by atoms with Gasteiger partial charge in [0.25, 0.3) is 0 Å². The summed E-state index contributed by atoms with van der Waals surface area (Å²) < 4.78 is 0. The lowest BCUT2D eigenvalue weighted by atomic mass is 9.84. The number of amides is 1. The largest absolute Gasteiger partial charge is 0.274 e. The molecule has 102 valence electrons. The van der Waals surface area contributed by atoms with Crippen LogP contribution in [0.3, 0.4) is 0 Å². The van der Waals surface area contributed by atoms with Crippen LogP contribution >= 0.6 is 0 Å². The third-order valence-electron chi connectivity index (χ3n) is 3.79. The van der Waals surface area contributed by atoms with Crippen molar-refractivity contribution >= 4 is 11.6 Å². The smallest absolute Gasteiger partial charge is 0.236 e. The van der Waals surface area contributed by atoms with Gasteiger partial charge in [-0.2, -0.15) is 5.10 Å². The summed E-state index contributed by atoms with van der Waals surface area (Å²) in [5.74, 6) is 0.591. The molecule has 1 aliphatic rings. The van der Waals surface area contributed by atoms with Crippen molar-refractivity contribution < 1.29 is 4.79 Å². The Labute approximate surface area is 115 Å². The molecule has 0 atom stereocenters. The Balaban J connectivity index is 2.05. The predicted molar refractivity (Wildman–Crippen MR) is 78.3 cm³/mol. The highest BCUT2D eigenvalue weighted by Crippen LogP contribution is 2.32. The Morgan fingerprint density at radius 3 is 2.32 bits per heavy atom. The van der Waals surface area contributed by atoms with Crippen LogP contribution in [0.15, 0.2) is 29.4 Å². The number of hydrazone groups is 1. The molecule has 3 heteroatoms. The second-order valence-corrected chi connectivity index (χ2v) is 5.32. The van der Waals surface area contributed by atoms with E-state index in [9.17, 15) is 4.79 Å². The average Bonchev–Trinajstić information content (AvgIpc) is 2.46. The van der Waals surface area contributed by atoms with Gasteiger partial charge >= 0.3 is 0 Å². The third-order valence-corrected chi connectivity index (χ3v) is 3.79. The van der Waals surface area contributed by atoms with Gasteiger partial charge < -0.3 is 0 Å². The molecule has 1 fully saturated rings. The summed E-state index contributed by atoms with van der Waals surface area (Å²) in [6.07, 6.45) is 6.73. The lowest BCUT2D eigenvalue weighted by molar-refractivity contribution is -0.118. The number of nitrogens with zero attached hydrogens (tertiary/aromatic N) is 1. The van der Waals surface area contributed by atoms with Gasteiger partial charge in [-0.25, -0.2) is 5.43 Å². The third kappa shape index (κ3) is 3.91. The molecular weight excluding hydrogens is 236 g/mol. The molecule has 0 spiro atoms. The van der Waals surface area contributed by atoms with Gasteiger partial charge in [0.2, 0.25) is 5.91 Å². The summed E-state index contributed by atoms with van der Waals surface area (Å²) in [5.41, 5.74) is 5.81. The summed E-state index contributed by atoms with van der Waals surface area (Å²) in [7, 11) is 0. The van der Waals surface area contributed by atoms with Crippen LogP contribution in [-0.4, -0.2) is 11.6 Å². The molecule has 0 heterocycles. The zero-order chi connectivity index (χ0) is 13.7. The predicted octanol–water partition coefficient (Wildman–Crippen LogP) is 3.59. The van der Waals surface area contributed by atoms with Crippen molar-refractivity contribution in [3.8, 4) is 0 Å². The molecule has 0 aromatic heterocycles. The lowest BCUT2D eigenvalue weighted by Gasteiger charge is -2.22. The van der Waals surface area contributed by atoms with Crippen LogP contribution in [0.4, 0.5) is 0 Å². The van der Waals surface area contributed by atoms with E-state index in [0.717, 1.165) is 17.2 Å². The SMILES string of the molecule is CC(=O)N/N=C(\C)c1ccc(C2CCCCC2)cc1. The second-order valence-electron chi connectivity index (χ2n) is 5.32. The Bertz CT molecular complexity index is 456. The number of carbonyl (C=O) groups excluding carboxylic acids is 1. The van der Waals surface area contributed by atoms with Crippen molar-refractivity contribution in [2.75, 3.05) is 0 Å². The topological polar surface area (TPSA) is 41.5 Å². The van der Waals surface area contributed by atoms with E-state index in [1.807, 2.05) is 6.92 Å². The Kier molecular flexibility index (Phi) is 4.72. The van der Waals surface area contributed by atoms with E-state index < -0.39 is 0 Å². The van der Waals surface area contributed by atoms with Crippen LogP contribution in [0.2, 0.25) is 0 Å². The molecular formula is C16H22N2O. The molecule has 3 nitrogen and oxygen atoms in total. The summed E-state index contributed by atoms with van der Waals surface area (Å²) >= 11 is 0. The van der Waals surface area contributed by atoms with Gasteiger partial charge in [-0.15, -0.1) is 0 Å². The van der Waals surface area contributed by atoms with Crippen molar-refractivity contribution in [3.63, 3.8) is 0 Å². The van der Waals surface area contributed by atoms with Crippen molar-refractivity contribution in [2.24, 2.45) is 5.10 Å². The van der Waals surface area contributed by atoms with Crippen LogP contribution in [0.25, 0.3) is 0 Å². The molecule has 0 aliphatic heterocycles. The fourth-order valence-electron chi connectivity index (χ4n) is 2.66. The molecule has 1 saturated carbocycles. The van der Waals surface area contributed by atoms with Crippen LogP contribution < -0.4 is 5.43 Å². The highest BCUT2D eigenvalue weighted by atomic mass is 16.2. The maximum Gasteiger partial charge on any atom is 0.236 e. The van der Waals surface area contributed by atoms with Gasteiger partial charge in [-0.05, 0) is 36.8 Å². The molecule has 1 aromatic rings. The molecule has 0 saturated heterocycles. The van der Waals surface area contributed by atoms with Crippen LogP contribution in [0, 0.1) is 0 Å². The first-order chi connectivity index (χ1) is 9.16. The maximum absolute atomic E-state index is 10.8. The fraction of sp³-hybridized carbons (Fsp3) is 0.500. The monoisotopic (exact) mass is 258 g/mol. The van der Waals surface area contributed by atoms with Gasteiger partial charge in [0.15, 0.2) is 0 Å². The zero-order valence-corrected chi connectivity index (χ0v) is 11.8. The fourth-order valence-corrected chi connectivity index (χ4v) is 2.66. The minimum absolute atomic E-state index is 0.141. The van der Waals surface area contributed by atoms with Crippen molar-refractivity contribution in [2.45, 2.75) is 51.9 Å².